The Bertz CT molecular complexity index is 767. The number of halogens is 1. The lowest BCUT2D eigenvalue weighted by atomic mass is 10.1. The summed E-state index contributed by atoms with van der Waals surface area (Å²) in [7, 11) is -1.83. The fourth-order valence-corrected chi connectivity index (χ4v) is 4.16. The minimum Gasteiger partial charge on any atom is -0.336 e. The van der Waals surface area contributed by atoms with E-state index in [1.165, 1.54) is 16.4 Å². The maximum absolute atomic E-state index is 13.2. The molecule has 2 aromatic rings. The number of aryl methyl sites for hydroxylation is 1. The van der Waals surface area contributed by atoms with E-state index in [0.29, 0.717) is 24.5 Å². The van der Waals surface area contributed by atoms with Gasteiger partial charge in [-0.2, -0.15) is 17.4 Å². The third-order valence-electron chi connectivity index (χ3n) is 3.99. The average Bonchev–Trinajstić information content (AvgIpc) is 3.17. The second-order valence-corrected chi connectivity index (χ2v) is 7.31. The van der Waals surface area contributed by atoms with Gasteiger partial charge in [-0.3, -0.25) is 0 Å². The van der Waals surface area contributed by atoms with E-state index >= 15 is 0 Å². The van der Waals surface area contributed by atoms with Crippen LogP contribution in [-0.2, 0) is 17.3 Å². The average molecular weight is 338 g/mol. The summed E-state index contributed by atoms with van der Waals surface area (Å²) in [4.78, 5) is 4.25. The SMILES string of the molecule is Cn1ccnc1C(NS(=O)(=O)N1CCCC1)c1ccc(F)cc1. The Balaban J connectivity index is 1.95. The fraction of sp³-hybridized carbons (Fsp3) is 0.400. The molecule has 8 heteroatoms. The first-order valence-electron chi connectivity index (χ1n) is 7.47. The first-order chi connectivity index (χ1) is 11.0. The maximum Gasteiger partial charge on any atom is 0.280 e. The van der Waals surface area contributed by atoms with Crippen molar-refractivity contribution in [1.82, 2.24) is 18.6 Å². The standard InChI is InChI=1S/C15H19FN4O2S/c1-19-11-8-17-15(19)14(12-4-6-13(16)7-5-12)18-23(21,22)20-9-2-3-10-20/h4-8,11,14,18H,2-3,9-10H2,1H3. The molecule has 1 atom stereocenters. The molecule has 1 aromatic heterocycles. The molecule has 0 radical (unpaired) electrons. The highest BCUT2D eigenvalue weighted by molar-refractivity contribution is 7.87. The molecule has 1 aliphatic rings. The molecule has 0 saturated carbocycles. The van der Waals surface area contributed by atoms with E-state index in [0.717, 1.165) is 12.8 Å². The summed E-state index contributed by atoms with van der Waals surface area (Å²) in [5, 5.41) is 0. The molecule has 0 bridgehead atoms. The molecular weight excluding hydrogens is 319 g/mol. The highest BCUT2D eigenvalue weighted by Gasteiger charge is 2.30. The molecule has 2 heterocycles. The summed E-state index contributed by atoms with van der Waals surface area (Å²) in [5.74, 6) is 0.189. The fourth-order valence-electron chi connectivity index (χ4n) is 2.73. The van der Waals surface area contributed by atoms with Gasteiger partial charge in [-0.1, -0.05) is 12.1 Å². The number of aromatic nitrogens is 2. The van der Waals surface area contributed by atoms with E-state index in [1.807, 2.05) is 0 Å². The highest BCUT2D eigenvalue weighted by atomic mass is 32.2. The molecule has 1 unspecified atom stereocenters. The van der Waals surface area contributed by atoms with Gasteiger partial charge in [0.05, 0.1) is 0 Å². The van der Waals surface area contributed by atoms with E-state index in [9.17, 15) is 12.8 Å². The second-order valence-electron chi connectivity index (χ2n) is 5.61. The molecule has 23 heavy (non-hydrogen) atoms. The normalized spacial score (nSPS) is 17.5. The number of nitrogens with zero attached hydrogens (tertiary/aromatic N) is 3. The summed E-state index contributed by atoms with van der Waals surface area (Å²) in [5.41, 5.74) is 0.642. The van der Waals surface area contributed by atoms with Crippen LogP contribution in [0.15, 0.2) is 36.7 Å². The van der Waals surface area contributed by atoms with E-state index in [4.69, 9.17) is 0 Å². The number of hydrogen-bond acceptors (Lipinski definition) is 3. The number of hydrogen-bond donors (Lipinski definition) is 1. The smallest absolute Gasteiger partial charge is 0.280 e. The van der Waals surface area contributed by atoms with Crippen molar-refractivity contribution in [3.8, 4) is 0 Å². The molecule has 1 fully saturated rings. The summed E-state index contributed by atoms with van der Waals surface area (Å²) < 4.78 is 44.3. The highest BCUT2D eigenvalue weighted by Crippen LogP contribution is 2.23. The lowest BCUT2D eigenvalue weighted by molar-refractivity contribution is 0.456. The van der Waals surface area contributed by atoms with E-state index < -0.39 is 16.3 Å². The maximum atomic E-state index is 13.2. The van der Waals surface area contributed by atoms with Crippen molar-refractivity contribution in [3.63, 3.8) is 0 Å². The van der Waals surface area contributed by atoms with Gasteiger partial charge in [-0.25, -0.2) is 9.37 Å². The Labute approximate surface area is 135 Å². The molecule has 1 aromatic carbocycles. The largest absolute Gasteiger partial charge is 0.336 e. The van der Waals surface area contributed by atoms with Gasteiger partial charge < -0.3 is 4.57 Å². The monoisotopic (exact) mass is 338 g/mol. The van der Waals surface area contributed by atoms with Crippen LogP contribution in [0.25, 0.3) is 0 Å². The Morgan fingerprint density at radius 2 is 1.87 bits per heavy atom. The molecule has 1 N–H and O–H groups in total. The minimum atomic E-state index is -3.62. The number of imidazole rings is 1. The predicted molar refractivity (Wildman–Crippen MR) is 84.3 cm³/mol. The molecular formula is C15H19FN4O2S. The minimum absolute atomic E-state index is 0.366. The van der Waals surface area contributed by atoms with Gasteiger partial charge in [0.2, 0.25) is 0 Å². The van der Waals surface area contributed by atoms with Crippen LogP contribution in [0.4, 0.5) is 4.39 Å². The number of nitrogens with one attached hydrogen (secondary N) is 1. The van der Waals surface area contributed by atoms with Crippen LogP contribution in [0.2, 0.25) is 0 Å². The van der Waals surface area contributed by atoms with Gasteiger partial charge >= 0.3 is 0 Å². The molecule has 0 amide bonds. The van der Waals surface area contributed by atoms with Crippen molar-refractivity contribution in [2.24, 2.45) is 7.05 Å². The van der Waals surface area contributed by atoms with Crippen molar-refractivity contribution in [2.45, 2.75) is 18.9 Å². The van der Waals surface area contributed by atoms with Gasteiger partial charge in [0, 0.05) is 32.5 Å². The molecule has 0 aliphatic carbocycles. The zero-order valence-corrected chi connectivity index (χ0v) is 13.6. The molecule has 6 nitrogen and oxygen atoms in total. The van der Waals surface area contributed by atoms with Crippen LogP contribution < -0.4 is 4.72 Å². The van der Waals surface area contributed by atoms with Crippen molar-refractivity contribution in [3.05, 3.63) is 53.9 Å². The van der Waals surface area contributed by atoms with Crippen molar-refractivity contribution in [2.75, 3.05) is 13.1 Å². The molecule has 0 spiro atoms. The van der Waals surface area contributed by atoms with Crippen LogP contribution in [0.3, 0.4) is 0 Å². The topological polar surface area (TPSA) is 67.2 Å². The van der Waals surface area contributed by atoms with Gasteiger partial charge in [0.1, 0.15) is 17.7 Å². The van der Waals surface area contributed by atoms with Crippen LogP contribution in [-0.4, -0.2) is 35.4 Å². The third-order valence-corrected chi connectivity index (χ3v) is 5.57. The van der Waals surface area contributed by atoms with E-state index in [-0.39, 0.29) is 5.82 Å². The summed E-state index contributed by atoms with van der Waals surface area (Å²) >= 11 is 0. The zero-order valence-electron chi connectivity index (χ0n) is 12.8. The quantitative estimate of drug-likeness (QED) is 0.900. The van der Waals surface area contributed by atoms with Gasteiger partial charge in [0.15, 0.2) is 0 Å². The number of benzene rings is 1. The first kappa shape index (κ1) is 16.1. The molecule has 3 rings (SSSR count). The molecule has 124 valence electrons. The lowest BCUT2D eigenvalue weighted by Gasteiger charge is -2.23. The Kier molecular flexibility index (Phi) is 4.47. The van der Waals surface area contributed by atoms with Crippen LogP contribution >= 0.6 is 0 Å². The van der Waals surface area contributed by atoms with E-state index in [1.54, 1.807) is 36.1 Å². The third kappa shape index (κ3) is 3.44. The summed E-state index contributed by atoms with van der Waals surface area (Å²) in [6.07, 6.45) is 5.08. The Morgan fingerprint density at radius 3 is 2.43 bits per heavy atom. The van der Waals surface area contributed by atoms with E-state index in [2.05, 4.69) is 9.71 Å². The second kappa shape index (κ2) is 6.38. The predicted octanol–water partition coefficient (Wildman–Crippen LogP) is 1.58. The number of rotatable bonds is 5. The van der Waals surface area contributed by atoms with Gasteiger partial charge in [-0.05, 0) is 30.5 Å². The Hall–Kier alpha value is -1.77. The lowest BCUT2D eigenvalue weighted by Crippen LogP contribution is -2.41. The van der Waals surface area contributed by atoms with Crippen molar-refractivity contribution < 1.29 is 12.8 Å². The Morgan fingerprint density at radius 1 is 1.22 bits per heavy atom. The molecule has 1 saturated heterocycles. The van der Waals surface area contributed by atoms with Gasteiger partial charge in [-0.15, -0.1) is 0 Å². The summed E-state index contributed by atoms with van der Waals surface area (Å²) in [6.45, 7) is 1.04. The summed E-state index contributed by atoms with van der Waals surface area (Å²) in [6, 6.07) is 5.11. The van der Waals surface area contributed by atoms with Crippen LogP contribution in [0.1, 0.15) is 30.3 Å². The van der Waals surface area contributed by atoms with Crippen molar-refractivity contribution >= 4 is 10.2 Å². The zero-order chi connectivity index (χ0) is 16.4. The van der Waals surface area contributed by atoms with Crippen molar-refractivity contribution in [1.29, 1.82) is 0 Å². The van der Waals surface area contributed by atoms with Crippen LogP contribution in [0, 0.1) is 5.82 Å². The van der Waals surface area contributed by atoms with Crippen LogP contribution in [0.5, 0.6) is 0 Å². The first-order valence-corrected chi connectivity index (χ1v) is 8.91. The van der Waals surface area contributed by atoms with Gasteiger partial charge in [0.25, 0.3) is 10.2 Å². The molecule has 1 aliphatic heterocycles.